The average molecular weight is 624 g/mol. The van der Waals surface area contributed by atoms with Crippen LogP contribution in [0, 0.1) is 6.92 Å². The first-order valence-corrected chi connectivity index (χ1v) is 15.0. The Morgan fingerprint density at radius 1 is 0.956 bits per heavy atom. The second-order valence-electron chi connectivity index (χ2n) is 9.95. The number of nitrogens with zero attached hydrogens (tertiary/aromatic N) is 1. The number of benzene rings is 3. The largest absolute Gasteiger partial charge is 0.462 e. The molecule has 0 saturated carbocycles. The van der Waals surface area contributed by atoms with E-state index >= 15 is 0 Å². The minimum atomic E-state index is -0.684. The van der Waals surface area contributed by atoms with Gasteiger partial charge in [0.2, 0.25) is 11.8 Å². The van der Waals surface area contributed by atoms with E-state index in [1.165, 1.54) is 42.1 Å². The van der Waals surface area contributed by atoms with E-state index in [0.29, 0.717) is 38.9 Å². The molecule has 2 N–H and O–H groups in total. The highest BCUT2D eigenvalue weighted by molar-refractivity contribution is 8.00. The van der Waals surface area contributed by atoms with Crippen LogP contribution in [0.3, 0.4) is 0 Å². The molecule has 3 aromatic carbocycles. The number of ether oxygens (including phenoxy) is 1. The van der Waals surface area contributed by atoms with Crippen molar-refractivity contribution in [2.24, 2.45) is 0 Å². The van der Waals surface area contributed by atoms with Gasteiger partial charge in [-0.1, -0.05) is 24.3 Å². The predicted molar refractivity (Wildman–Crippen MR) is 170 cm³/mol. The molecule has 1 aromatic heterocycles. The molecule has 1 saturated heterocycles. The van der Waals surface area contributed by atoms with Gasteiger partial charge in [-0.15, -0.1) is 11.8 Å². The highest BCUT2D eigenvalue weighted by Gasteiger charge is 2.40. The number of aryl methyl sites for hydroxylation is 1. The average Bonchev–Trinajstić information content (AvgIpc) is 3.57. The maximum absolute atomic E-state index is 13.4. The first-order chi connectivity index (χ1) is 21.7. The number of carbonyl (C=O) groups is 5. The number of anilines is 2. The highest BCUT2D eigenvalue weighted by Crippen LogP contribution is 2.35. The van der Waals surface area contributed by atoms with Gasteiger partial charge in [-0.3, -0.25) is 19.2 Å². The van der Waals surface area contributed by atoms with E-state index in [1.54, 1.807) is 80.6 Å². The number of imide groups is 1. The molecule has 1 aliphatic heterocycles. The summed E-state index contributed by atoms with van der Waals surface area (Å²) in [4.78, 5) is 66.0. The third-order valence-electron chi connectivity index (χ3n) is 6.69. The first-order valence-electron chi connectivity index (χ1n) is 14.1. The number of thioether (sulfide) groups is 1. The quantitative estimate of drug-likeness (QED) is 0.132. The number of carbonyl (C=O) groups excluding carboxylic acids is 5. The van der Waals surface area contributed by atoms with E-state index in [9.17, 15) is 24.0 Å². The molecule has 4 amide bonds. The Bertz CT molecular complexity index is 1780. The van der Waals surface area contributed by atoms with Gasteiger partial charge in [0.25, 0.3) is 11.8 Å². The summed E-state index contributed by atoms with van der Waals surface area (Å²) in [5, 5.41) is 4.77. The number of nitrogens with one attached hydrogen (secondary N) is 2. The number of hydrogen-bond donors (Lipinski definition) is 2. The number of rotatable bonds is 10. The van der Waals surface area contributed by atoms with Crippen LogP contribution in [-0.4, -0.2) is 41.5 Å². The molecule has 4 aromatic rings. The van der Waals surface area contributed by atoms with Crippen molar-refractivity contribution >= 4 is 58.8 Å². The summed E-state index contributed by atoms with van der Waals surface area (Å²) in [6.45, 7) is 3.72. The topological polar surface area (TPSA) is 135 Å². The number of hydrogen-bond acceptors (Lipinski definition) is 8. The van der Waals surface area contributed by atoms with E-state index in [4.69, 9.17) is 9.15 Å². The molecule has 0 bridgehead atoms. The molecule has 0 unspecified atom stereocenters. The van der Waals surface area contributed by atoms with E-state index in [-0.39, 0.29) is 30.5 Å². The van der Waals surface area contributed by atoms with Crippen molar-refractivity contribution in [2.75, 3.05) is 16.8 Å². The normalized spacial score (nSPS) is 14.8. The lowest BCUT2D eigenvalue weighted by Gasteiger charge is -2.15. The summed E-state index contributed by atoms with van der Waals surface area (Å²) >= 11 is 1.20. The van der Waals surface area contributed by atoms with Crippen LogP contribution in [0.2, 0.25) is 0 Å². The van der Waals surface area contributed by atoms with Crippen LogP contribution in [0.1, 0.15) is 45.6 Å². The lowest BCUT2D eigenvalue weighted by atomic mass is 10.2. The third-order valence-corrected chi connectivity index (χ3v) is 7.87. The lowest BCUT2D eigenvalue weighted by molar-refractivity contribution is -0.121. The molecule has 1 aliphatic rings. The fourth-order valence-electron chi connectivity index (χ4n) is 4.55. The van der Waals surface area contributed by atoms with E-state index in [0.717, 1.165) is 4.90 Å². The number of furan rings is 1. The molecular formula is C34H29N3O7S. The molecule has 45 heavy (non-hydrogen) atoms. The summed E-state index contributed by atoms with van der Waals surface area (Å²) in [5.74, 6) is -1.24. The molecule has 228 valence electrons. The van der Waals surface area contributed by atoms with Crippen molar-refractivity contribution in [3.8, 4) is 0 Å². The van der Waals surface area contributed by atoms with Crippen LogP contribution in [0.25, 0.3) is 6.08 Å². The molecule has 5 rings (SSSR count). The van der Waals surface area contributed by atoms with E-state index in [2.05, 4.69) is 10.6 Å². The minimum Gasteiger partial charge on any atom is -0.462 e. The maximum atomic E-state index is 13.4. The second-order valence-corrected chi connectivity index (χ2v) is 11.2. The zero-order valence-corrected chi connectivity index (χ0v) is 25.3. The summed E-state index contributed by atoms with van der Waals surface area (Å²) in [7, 11) is 0. The van der Waals surface area contributed by atoms with Crippen LogP contribution >= 0.6 is 11.8 Å². The molecule has 1 fully saturated rings. The number of amides is 4. The summed E-state index contributed by atoms with van der Waals surface area (Å²) in [6.07, 6.45) is 1.43. The molecule has 1 atom stereocenters. The molecule has 0 radical (unpaired) electrons. The second kappa shape index (κ2) is 13.9. The highest BCUT2D eigenvalue weighted by atomic mass is 32.2. The lowest BCUT2D eigenvalue weighted by Crippen LogP contribution is -2.31. The summed E-state index contributed by atoms with van der Waals surface area (Å²) < 4.78 is 10.6. The fourth-order valence-corrected chi connectivity index (χ4v) is 5.67. The van der Waals surface area contributed by atoms with E-state index in [1.807, 2.05) is 0 Å². The molecule has 0 spiro atoms. The van der Waals surface area contributed by atoms with Crippen LogP contribution in [0.5, 0.6) is 0 Å². The predicted octanol–water partition coefficient (Wildman–Crippen LogP) is 5.60. The number of esters is 1. The van der Waals surface area contributed by atoms with Gasteiger partial charge in [0.1, 0.15) is 17.2 Å². The Kier molecular flexibility index (Phi) is 9.59. The van der Waals surface area contributed by atoms with Gasteiger partial charge in [-0.2, -0.15) is 0 Å². The van der Waals surface area contributed by atoms with Gasteiger partial charge in [0, 0.05) is 28.6 Å². The summed E-state index contributed by atoms with van der Waals surface area (Å²) in [5.41, 5.74) is 1.46. The Morgan fingerprint density at radius 3 is 2.40 bits per heavy atom. The molecule has 11 heteroatoms. The standard InChI is InChI=1S/C34H29N3O7S/c1-3-43-34(42)23-13-15-25(16-14-23)37-30(38)20-29(33(37)41)45-27-11-7-10-24(18-27)35-32(40)28(19-26-17-12-21(2)44-26)36-31(39)22-8-5-4-6-9-22/h4-19,29H,3,20H2,1-2H3,(H,35,40)(H,36,39)/b28-19-/t29-/m0/s1. The maximum Gasteiger partial charge on any atom is 0.338 e. The molecule has 0 aliphatic carbocycles. The molecule has 10 nitrogen and oxygen atoms in total. The third kappa shape index (κ3) is 7.57. The van der Waals surface area contributed by atoms with Crippen molar-refractivity contribution < 1.29 is 33.1 Å². The molecule has 2 heterocycles. The Morgan fingerprint density at radius 2 is 1.71 bits per heavy atom. The monoisotopic (exact) mass is 623 g/mol. The minimum absolute atomic E-state index is 0.0132. The van der Waals surface area contributed by atoms with Gasteiger partial charge >= 0.3 is 5.97 Å². The van der Waals surface area contributed by atoms with Crippen LogP contribution in [-0.2, 0) is 19.1 Å². The van der Waals surface area contributed by atoms with Crippen LogP contribution in [0.15, 0.2) is 106 Å². The smallest absolute Gasteiger partial charge is 0.338 e. The molecular weight excluding hydrogens is 594 g/mol. The van der Waals surface area contributed by atoms with Gasteiger partial charge in [-0.25, -0.2) is 9.69 Å². The van der Waals surface area contributed by atoms with Gasteiger partial charge in [0.15, 0.2) is 0 Å². The van der Waals surface area contributed by atoms with Crippen LogP contribution in [0.4, 0.5) is 11.4 Å². The Hall–Kier alpha value is -5.42. The SMILES string of the molecule is CCOC(=O)c1ccc(N2C(=O)C[C@H](Sc3cccc(NC(=O)/C(=C/c4ccc(C)o4)NC(=O)c4ccccc4)c3)C2=O)cc1. The first kappa shape index (κ1) is 31.0. The van der Waals surface area contributed by atoms with Crippen molar-refractivity contribution in [1.29, 1.82) is 0 Å². The Labute approximate surface area is 263 Å². The van der Waals surface area contributed by atoms with Gasteiger partial charge in [0.05, 0.1) is 23.1 Å². The van der Waals surface area contributed by atoms with Gasteiger partial charge in [-0.05, 0) is 80.6 Å². The summed E-state index contributed by atoms with van der Waals surface area (Å²) in [6, 6.07) is 24.9. The Balaban J connectivity index is 1.28. The zero-order valence-electron chi connectivity index (χ0n) is 24.4. The van der Waals surface area contributed by atoms with Crippen molar-refractivity contribution in [1.82, 2.24) is 5.32 Å². The van der Waals surface area contributed by atoms with Crippen LogP contribution < -0.4 is 15.5 Å². The van der Waals surface area contributed by atoms with Crippen molar-refractivity contribution in [3.05, 3.63) is 119 Å². The van der Waals surface area contributed by atoms with Crippen molar-refractivity contribution in [3.63, 3.8) is 0 Å². The van der Waals surface area contributed by atoms with Crippen molar-refractivity contribution in [2.45, 2.75) is 30.4 Å². The zero-order chi connectivity index (χ0) is 31.9. The van der Waals surface area contributed by atoms with Gasteiger partial charge < -0.3 is 19.8 Å². The fraction of sp³-hybridized carbons (Fsp3) is 0.147. The van der Waals surface area contributed by atoms with E-state index < -0.39 is 23.0 Å².